The van der Waals surface area contributed by atoms with Gasteiger partial charge in [0.05, 0.1) is 19.4 Å². The Morgan fingerprint density at radius 2 is 1.69 bits per heavy atom. The minimum absolute atomic E-state index is 0.0502. The molecule has 0 saturated heterocycles. The van der Waals surface area contributed by atoms with Crippen molar-refractivity contribution in [2.24, 2.45) is 0 Å². The first kappa shape index (κ1) is 19.4. The number of ether oxygens (including phenoxy) is 3. The Morgan fingerprint density at radius 1 is 1.08 bits per heavy atom. The summed E-state index contributed by atoms with van der Waals surface area (Å²) in [6.45, 7) is 3.51. The number of carbonyl (C=O) groups excluding carboxylic acids is 2. The summed E-state index contributed by atoms with van der Waals surface area (Å²) in [7, 11) is 0. The van der Waals surface area contributed by atoms with Crippen molar-refractivity contribution in [2.45, 2.75) is 26.4 Å². The number of hydrogen-bond donors (Lipinski definition) is 0. The van der Waals surface area contributed by atoms with Crippen LogP contribution in [0.3, 0.4) is 0 Å². The summed E-state index contributed by atoms with van der Waals surface area (Å²) in [5.41, 5.74) is 0.557. The van der Waals surface area contributed by atoms with Gasteiger partial charge in [-0.05, 0) is 19.4 Å². The van der Waals surface area contributed by atoms with Crippen molar-refractivity contribution in [1.82, 2.24) is 4.98 Å². The molecule has 0 saturated carbocycles. The van der Waals surface area contributed by atoms with Crippen molar-refractivity contribution in [2.75, 3.05) is 13.2 Å². The maximum atomic E-state index is 14.5. The van der Waals surface area contributed by atoms with Crippen LogP contribution < -0.4 is 4.74 Å². The minimum atomic E-state index is -1.57. The lowest BCUT2D eigenvalue weighted by molar-refractivity contribution is -0.157. The average molecular weight is 361 g/mol. The highest BCUT2D eigenvalue weighted by Gasteiger charge is 2.35. The molecule has 26 heavy (non-hydrogen) atoms. The summed E-state index contributed by atoms with van der Waals surface area (Å²) >= 11 is 0. The van der Waals surface area contributed by atoms with Gasteiger partial charge in [0.1, 0.15) is 23.9 Å². The Bertz CT molecular complexity index is 733. The number of nitrogens with zero attached hydrogens (tertiary/aromatic N) is 1. The normalized spacial score (nSPS) is 10.5. The van der Waals surface area contributed by atoms with E-state index in [0.29, 0.717) is 0 Å². The Kier molecular flexibility index (Phi) is 7.08. The second-order valence-corrected chi connectivity index (χ2v) is 5.25. The molecule has 0 radical (unpaired) electrons. The largest absolute Gasteiger partial charge is 0.487 e. The lowest BCUT2D eigenvalue weighted by atomic mass is 10.0. The zero-order valence-electron chi connectivity index (χ0n) is 14.6. The quantitative estimate of drug-likeness (QED) is 0.531. The number of halogens is 1. The van der Waals surface area contributed by atoms with Crippen LogP contribution in [-0.4, -0.2) is 30.1 Å². The highest BCUT2D eigenvalue weighted by molar-refractivity contribution is 6.00. The second-order valence-electron chi connectivity index (χ2n) is 5.25. The maximum Gasteiger partial charge on any atom is 0.326 e. The zero-order valence-corrected chi connectivity index (χ0v) is 14.6. The van der Waals surface area contributed by atoms with E-state index >= 15 is 0 Å². The van der Waals surface area contributed by atoms with E-state index in [1.807, 2.05) is 30.3 Å². The number of hydrogen-bond acceptors (Lipinski definition) is 6. The molecule has 0 amide bonds. The molecule has 0 bridgehead atoms. The van der Waals surface area contributed by atoms with Crippen LogP contribution in [0.25, 0.3) is 0 Å². The Hall–Kier alpha value is -2.96. The zero-order chi connectivity index (χ0) is 18.9. The molecule has 0 spiro atoms. The van der Waals surface area contributed by atoms with Gasteiger partial charge in [-0.1, -0.05) is 30.3 Å². The van der Waals surface area contributed by atoms with E-state index in [0.717, 1.165) is 11.6 Å². The van der Waals surface area contributed by atoms with Crippen LogP contribution in [0.5, 0.6) is 5.75 Å². The summed E-state index contributed by atoms with van der Waals surface area (Å²) in [6, 6.07) is 10.4. The third-order valence-corrected chi connectivity index (χ3v) is 3.41. The third-order valence-electron chi connectivity index (χ3n) is 3.41. The van der Waals surface area contributed by atoms with E-state index in [2.05, 4.69) is 4.98 Å². The van der Waals surface area contributed by atoms with Gasteiger partial charge in [0, 0.05) is 6.07 Å². The highest BCUT2D eigenvalue weighted by atomic mass is 19.1. The fraction of sp³-hybridized carbons (Fsp3) is 0.316. The molecule has 6 nitrogen and oxygen atoms in total. The van der Waals surface area contributed by atoms with Crippen LogP contribution in [0, 0.1) is 5.82 Å². The number of carbonyl (C=O) groups is 2. The number of benzene rings is 1. The first-order chi connectivity index (χ1) is 12.6. The van der Waals surface area contributed by atoms with Gasteiger partial charge in [0.25, 0.3) is 0 Å². The van der Waals surface area contributed by atoms with Crippen LogP contribution in [0.15, 0.2) is 42.6 Å². The van der Waals surface area contributed by atoms with Gasteiger partial charge in [-0.2, -0.15) is 0 Å². The van der Waals surface area contributed by atoms with Crippen molar-refractivity contribution >= 4 is 11.9 Å². The number of rotatable bonds is 8. The average Bonchev–Trinajstić information content (AvgIpc) is 2.63. The second kappa shape index (κ2) is 9.50. The molecule has 138 valence electrons. The highest BCUT2D eigenvalue weighted by Crippen LogP contribution is 2.24. The van der Waals surface area contributed by atoms with E-state index < -0.39 is 23.7 Å². The molecule has 0 aliphatic rings. The van der Waals surface area contributed by atoms with Crippen molar-refractivity contribution in [3.05, 3.63) is 59.7 Å². The van der Waals surface area contributed by atoms with E-state index in [-0.39, 0.29) is 31.3 Å². The maximum absolute atomic E-state index is 14.5. The molecule has 0 unspecified atom stereocenters. The summed E-state index contributed by atoms with van der Waals surface area (Å²) in [5.74, 6) is -4.05. The molecule has 0 N–H and O–H groups in total. The summed E-state index contributed by atoms with van der Waals surface area (Å²) in [4.78, 5) is 28.0. The summed E-state index contributed by atoms with van der Waals surface area (Å²) < 4.78 is 29.6. The van der Waals surface area contributed by atoms with E-state index in [4.69, 9.17) is 14.2 Å². The molecule has 1 aromatic heterocycles. The van der Waals surface area contributed by atoms with Crippen LogP contribution >= 0.6 is 0 Å². The van der Waals surface area contributed by atoms with Gasteiger partial charge in [-0.15, -0.1) is 0 Å². The van der Waals surface area contributed by atoms with Crippen LogP contribution in [0.1, 0.15) is 31.0 Å². The lowest BCUT2D eigenvalue weighted by Crippen LogP contribution is -2.28. The molecule has 7 heteroatoms. The molecule has 2 aromatic rings. The molecule has 0 aliphatic heterocycles. The van der Waals surface area contributed by atoms with Crippen LogP contribution in [-0.2, 0) is 25.7 Å². The first-order valence-corrected chi connectivity index (χ1v) is 8.22. The van der Waals surface area contributed by atoms with E-state index in [1.54, 1.807) is 13.8 Å². The van der Waals surface area contributed by atoms with Gasteiger partial charge in [-0.25, -0.2) is 4.39 Å². The standard InChI is InChI=1S/C19H20FNO5/c1-3-24-18(22)16(19(23)25-4-2)17-15(20)10-14(11-21-17)26-12-13-8-6-5-7-9-13/h5-11,16H,3-4,12H2,1-2H3. The lowest BCUT2D eigenvalue weighted by Gasteiger charge is -2.15. The van der Waals surface area contributed by atoms with Gasteiger partial charge in [-0.3, -0.25) is 14.6 Å². The predicted octanol–water partition coefficient (Wildman–Crippen LogP) is 3.01. The summed E-state index contributed by atoms with van der Waals surface area (Å²) in [5, 5.41) is 0. The fourth-order valence-electron chi connectivity index (χ4n) is 2.23. The fourth-order valence-corrected chi connectivity index (χ4v) is 2.23. The molecule has 1 aromatic carbocycles. The Morgan fingerprint density at radius 3 is 2.23 bits per heavy atom. The monoisotopic (exact) mass is 361 g/mol. The Balaban J connectivity index is 2.19. The molecule has 2 rings (SSSR count). The number of pyridine rings is 1. The summed E-state index contributed by atoms with van der Waals surface area (Å²) in [6.07, 6.45) is 1.26. The van der Waals surface area contributed by atoms with E-state index in [1.165, 1.54) is 6.20 Å². The SMILES string of the molecule is CCOC(=O)C(C(=O)OCC)c1ncc(OCc2ccccc2)cc1F. The van der Waals surface area contributed by atoms with Gasteiger partial charge < -0.3 is 14.2 Å². The van der Waals surface area contributed by atoms with Crippen molar-refractivity contribution < 1.29 is 28.2 Å². The van der Waals surface area contributed by atoms with E-state index in [9.17, 15) is 14.0 Å². The molecular formula is C19H20FNO5. The molecule has 0 fully saturated rings. The van der Waals surface area contributed by atoms with Gasteiger partial charge >= 0.3 is 11.9 Å². The molecular weight excluding hydrogens is 341 g/mol. The van der Waals surface area contributed by atoms with Gasteiger partial charge in [0.2, 0.25) is 0 Å². The van der Waals surface area contributed by atoms with Crippen molar-refractivity contribution in [3.8, 4) is 5.75 Å². The minimum Gasteiger partial charge on any atom is -0.487 e. The smallest absolute Gasteiger partial charge is 0.326 e. The van der Waals surface area contributed by atoms with Crippen LogP contribution in [0.2, 0.25) is 0 Å². The van der Waals surface area contributed by atoms with Crippen LogP contribution in [0.4, 0.5) is 4.39 Å². The number of aromatic nitrogens is 1. The van der Waals surface area contributed by atoms with Gasteiger partial charge in [0.15, 0.2) is 5.92 Å². The molecule has 0 atom stereocenters. The predicted molar refractivity (Wildman–Crippen MR) is 91.0 cm³/mol. The third kappa shape index (κ3) is 5.02. The first-order valence-electron chi connectivity index (χ1n) is 8.22. The van der Waals surface area contributed by atoms with Crippen molar-refractivity contribution in [3.63, 3.8) is 0 Å². The molecule has 1 heterocycles. The van der Waals surface area contributed by atoms with Crippen molar-refractivity contribution in [1.29, 1.82) is 0 Å². The molecule has 0 aliphatic carbocycles. The Labute approximate surface area is 150 Å². The topological polar surface area (TPSA) is 74.7 Å². The number of esters is 2.